The van der Waals surface area contributed by atoms with Gasteiger partial charge in [0.05, 0.1) is 19.1 Å². The summed E-state index contributed by atoms with van der Waals surface area (Å²) in [6, 6.07) is 8.16. The number of nitrogens with one attached hydrogen (secondary N) is 1. The van der Waals surface area contributed by atoms with Crippen LogP contribution in [0.3, 0.4) is 0 Å². The largest absolute Gasteiger partial charge is 0.496 e. The van der Waals surface area contributed by atoms with E-state index in [0.717, 1.165) is 31.8 Å². The quantitative estimate of drug-likeness (QED) is 0.829. The van der Waals surface area contributed by atoms with Gasteiger partial charge in [0.1, 0.15) is 5.75 Å². The Morgan fingerprint density at radius 2 is 2.16 bits per heavy atom. The first-order valence-electron chi connectivity index (χ1n) is 6.66. The number of aryl methyl sites for hydroxylation is 2. The molecule has 0 spiro atoms. The van der Waals surface area contributed by atoms with Crippen LogP contribution in [0.2, 0.25) is 0 Å². The van der Waals surface area contributed by atoms with Crippen LogP contribution in [0.5, 0.6) is 5.75 Å². The Kier molecular flexibility index (Phi) is 4.98. The molecule has 1 aromatic heterocycles. The predicted octanol–water partition coefficient (Wildman–Crippen LogP) is 2.24. The molecule has 4 nitrogen and oxygen atoms in total. The molecule has 4 heteroatoms. The van der Waals surface area contributed by atoms with Crippen molar-refractivity contribution in [3.63, 3.8) is 0 Å². The zero-order valence-electron chi connectivity index (χ0n) is 11.6. The van der Waals surface area contributed by atoms with Crippen molar-refractivity contribution in [3.8, 4) is 5.75 Å². The van der Waals surface area contributed by atoms with Gasteiger partial charge in [-0.15, -0.1) is 0 Å². The third kappa shape index (κ3) is 3.58. The predicted molar refractivity (Wildman–Crippen MR) is 76.3 cm³/mol. The lowest BCUT2D eigenvalue weighted by atomic mass is 10.1. The van der Waals surface area contributed by atoms with E-state index in [-0.39, 0.29) is 0 Å². The summed E-state index contributed by atoms with van der Waals surface area (Å²) in [5.41, 5.74) is 2.45. The minimum Gasteiger partial charge on any atom is -0.496 e. The van der Waals surface area contributed by atoms with E-state index in [9.17, 15) is 0 Å². The molecule has 0 bridgehead atoms. The summed E-state index contributed by atoms with van der Waals surface area (Å²) in [7, 11) is 1.71. The summed E-state index contributed by atoms with van der Waals surface area (Å²) in [5.74, 6) is 0.954. The van der Waals surface area contributed by atoms with E-state index in [0.29, 0.717) is 0 Å². The van der Waals surface area contributed by atoms with Crippen molar-refractivity contribution in [2.24, 2.45) is 0 Å². The average molecular weight is 259 g/mol. The van der Waals surface area contributed by atoms with Gasteiger partial charge >= 0.3 is 0 Å². The van der Waals surface area contributed by atoms with Crippen LogP contribution in [0.4, 0.5) is 0 Å². The molecular formula is C15H21N3O. The molecule has 0 amide bonds. The van der Waals surface area contributed by atoms with Crippen LogP contribution < -0.4 is 10.1 Å². The Morgan fingerprint density at radius 3 is 2.95 bits per heavy atom. The highest BCUT2D eigenvalue weighted by atomic mass is 16.5. The Labute approximate surface area is 114 Å². The fourth-order valence-corrected chi connectivity index (χ4v) is 2.10. The maximum absolute atomic E-state index is 5.37. The smallest absolute Gasteiger partial charge is 0.122 e. The Morgan fingerprint density at radius 1 is 1.32 bits per heavy atom. The van der Waals surface area contributed by atoms with Gasteiger partial charge < -0.3 is 14.6 Å². The molecule has 2 rings (SSSR count). The maximum atomic E-state index is 5.37. The minimum absolute atomic E-state index is 0.864. The van der Waals surface area contributed by atoms with Crippen LogP contribution in [-0.2, 0) is 19.5 Å². The first-order valence-corrected chi connectivity index (χ1v) is 6.66. The summed E-state index contributed by atoms with van der Waals surface area (Å²) in [5, 5.41) is 3.33. The normalized spacial score (nSPS) is 10.6. The van der Waals surface area contributed by atoms with Crippen LogP contribution in [0.25, 0.3) is 0 Å². The molecule has 1 N–H and O–H groups in total. The van der Waals surface area contributed by atoms with E-state index in [4.69, 9.17) is 4.74 Å². The summed E-state index contributed by atoms with van der Waals surface area (Å²) < 4.78 is 7.56. The van der Waals surface area contributed by atoms with Gasteiger partial charge in [-0.3, -0.25) is 0 Å². The molecule has 1 heterocycles. The Bertz CT molecular complexity index is 508. The number of methoxy groups -OCH3 is 1. The first-order chi connectivity index (χ1) is 9.35. The summed E-state index contributed by atoms with van der Waals surface area (Å²) >= 11 is 0. The molecule has 0 saturated carbocycles. The Hall–Kier alpha value is -1.81. The van der Waals surface area contributed by atoms with Crippen LogP contribution in [-0.4, -0.2) is 23.2 Å². The van der Waals surface area contributed by atoms with E-state index in [1.54, 1.807) is 7.11 Å². The SMILES string of the molecule is CCNCc1cncn1CCc1ccccc1OC. The van der Waals surface area contributed by atoms with Gasteiger partial charge in [0, 0.05) is 19.3 Å². The van der Waals surface area contributed by atoms with Crippen molar-refractivity contribution in [1.29, 1.82) is 0 Å². The molecule has 0 aliphatic heterocycles. The van der Waals surface area contributed by atoms with Crippen molar-refractivity contribution in [1.82, 2.24) is 14.9 Å². The fourth-order valence-electron chi connectivity index (χ4n) is 2.10. The van der Waals surface area contributed by atoms with E-state index in [1.807, 2.05) is 30.7 Å². The number of para-hydroxylation sites is 1. The van der Waals surface area contributed by atoms with Crippen LogP contribution in [0.1, 0.15) is 18.2 Å². The van der Waals surface area contributed by atoms with Gasteiger partial charge in [0.2, 0.25) is 0 Å². The second-order valence-electron chi connectivity index (χ2n) is 4.42. The second kappa shape index (κ2) is 6.95. The molecule has 0 aliphatic rings. The number of benzene rings is 1. The van der Waals surface area contributed by atoms with E-state index in [2.05, 4.69) is 27.9 Å². The lowest BCUT2D eigenvalue weighted by molar-refractivity contribution is 0.408. The highest BCUT2D eigenvalue weighted by Crippen LogP contribution is 2.18. The zero-order valence-corrected chi connectivity index (χ0v) is 11.6. The molecule has 0 aliphatic carbocycles. The molecule has 1 aromatic carbocycles. The highest BCUT2D eigenvalue weighted by molar-refractivity contribution is 5.33. The van der Waals surface area contributed by atoms with Gasteiger partial charge in [-0.25, -0.2) is 4.98 Å². The highest BCUT2D eigenvalue weighted by Gasteiger charge is 2.04. The zero-order chi connectivity index (χ0) is 13.5. The molecule has 2 aromatic rings. The number of nitrogens with zero attached hydrogens (tertiary/aromatic N) is 2. The standard InChI is InChI=1S/C15H21N3O/c1-3-16-10-14-11-17-12-18(14)9-8-13-6-4-5-7-15(13)19-2/h4-7,11-12,16H,3,8-10H2,1-2H3. The van der Waals surface area contributed by atoms with Crippen molar-refractivity contribution in [3.05, 3.63) is 48.0 Å². The number of rotatable bonds is 7. The summed E-state index contributed by atoms with van der Waals surface area (Å²) in [6.45, 7) is 4.86. The third-order valence-electron chi connectivity index (χ3n) is 3.17. The van der Waals surface area contributed by atoms with Crippen molar-refractivity contribution < 1.29 is 4.74 Å². The number of hydrogen-bond donors (Lipinski definition) is 1. The average Bonchev–Trinajstić information content (AvgIpc) is 2.90. The van der Waals surface area contributed by atoms with Crippen molar-refractivity contribution >= 4 is 0 Å². The molecule has 19 heavy (non-hydrogen) atoms. The molecule has 0 fully saturated rings. The Balaban J connectivity index is 2.00. The van der Waals surface area contributed by atoms with Crippen molar-refractivity contribution in [2.75, 3.05) is 13.7 Å². The molecule has 102 valence electrons. The topological polar surface area (TPSA) is 39.1 Å². The van der Waals surface area contributed by atoms with E-state index >= 15 is 0 Å². The molecule has 0 unspecified atom stereocenters. The number of hydrogen-bond acceptors (Lipinski definition) is 3. The maximum Gasteiger partial charge on any atom is 0.122 e. The molecule has 0 saturated heterocycles. The van der Waals surface area contributed by atoms with Crippen LogP contribution >= 0.6 is 0 Å². The first kappa shape index (κ1) is 13.6. The lowest BCUT2D eigenvalue weighted by Gasteiger charge is -2.11. The lowest BCUT2D eigenvalue weighted by Crippen LogP contribution is -2.15. The monoisotopic (exact) mass is 259 g/mol. The number of aromatic nitrogens is 2. The minimum atomic E-state index is 0.864. The van der Waals surface area contributed by atoms with Crippen LogP contribution in [0.15, 0.2) is 36.8 Å². The summed E-state index contributed by atoms with van der Waals surface area (Å²) in [6.07, 6.45) is 4.76. The molecular weight excluding hydrogens is 238 g/mol. The number of imidazole rings is 1. The van der Waals surface area contributed by atoms with Gasteiger partial charge in [0.25, 0.3) is 0 Å². The van der Waals surface area contributed by atoms with Gasteiger partial charge in [-0.1, -0.05) is 25.1 Å². The fraction of sp³-hybridized carbons (Fsp3) is 0.400. The van der Waals surface area contributed by atoms with Gasteiger partial charge in [0.15, 0.2) is 0 Å². The molecule has 0 radical (unpaired) electrons. The van der Waals surface area contributed by atoms with Crippen LogP contribution in [0, 0.1) is 0 Å². The third-order valence-corrected chi connectivity index (χ3v) is 3.17. The van der Waals surface area contributed by atoms with Gasteiger partial charge in [-0.2, -0.15) is 0 Å². The number of ether oxygens (including phenoxy) is 1. The second-order valence-corrected chi connectivity index (χ2v) is 4.42. The van der Waals surface area contributed by atoms with Gasteiger partial charge in [-0.05, 0) is 24.6 Å². The molecule has 0 atom stereocenters. The summed E-state index contributed by atoms with van der Waals surface area (Å²) in [4.78, 5) is 4.22. The van der Waals surface area contributed by atoms with E-state index in [1.165, 1.54) is 11.3 Å². The van der Waals surface area contributed by atoms with Crippen molar-refractivity contribution in [2.45, 2.75) is 26.4 Å². The van der Waals surface area contributed by atoms with E-state index < -0.39 is 0 Å².